The quantitative estimate of drug-likeness (QED) is 0.784. The number of H-pyrrole nitrogens is 1. The molecule has 2 amide bonds. The molecule has 6 nitrogen and oxygen atoms in total. The number of carbonyl (C=O) groups is 1. The number of rotatable bonds is 3. The smallest absolute Gasteiger partial charge is 0.321 e. The molecule has 1 heterocycles. The van der Waals surface area contributed by atoms with Crippen molar-refractivity contribution in [2.45, 2.75) is 73.8 Å². The summed E-state index contributed by atoms with van der Waals surface area (Å²) in [4.78, 5) is 30.3. The van der Waals surface area contributed by atoms with E-state index in [2.05, 4.69) is 48.3 Å². The highest BCUT2D eigenvalue weighted by Crippen LogP contribution is 2.47. The number of hydrogen-bond donors (Lipinski definition) is 3. The van der Waals surface area contributed by atoms with Gasteiger partial charge in [-0.05, 0) is 37.0 Å². The molecule has 1 aromatic heterocycles. The molecule has 1 fully saturated rings. The van der Waals surface area contributed by atoms with E-state index in [0.29, 0.717) is 5.69 Å². The van der Waals surface area contributed by atoms with Gasteiger partial charge in [-0.15, -0.1) is 0 Å². The van der Waals surface area contributed by atoms with E-state index in [1.807, 2.05) is 0 Å². The standard InChI is InChI=1S/C17H28N4O2.CH4/c1-6-17(5)9-12(8-16(3,4)10-17)19-15(23)21-14-18-11(2)7-13(22)20-14;/h7,12H,6,8-10H2,1-5H3,(H3,18,19,20,21,22,23);1H4. The van der Waals surface area contributed by atoms with E-state index in [1.54, 1.807) is 6.92 Å². The first kappa shape index (κ1) is 20.2. The lowest BCUT2D eigenvalue weighted by Gasteiger charge is -2.46. The van der Waals surface area contributed by atoms with Gasteiger partial charge in [0.15, 0.2) is 0 Å². The maximum Gasteiger partial charge on any atom is 0.321 e. The van der Waals surface area contributed by atoms with E-state index in [0.717, 1.165) is 19.3 Å². The molecular formula is C18H32N4O2. The Morgan fingerprint density at radius 2 is 2.04 bits per heavy atom. The van der Waals surface area contributed by atoms with Crippen molar-refractivity contribution in [2.24, 2.45) is 10.8 Å². The SMILES string of the molecule is C.CCC1(C)CC(NC(=O)Nc2nc(C)cc(=O)[nH]2)CC(C)(C)C1. The highest BCUT2D eigenvalue weighted by Gasteiger charge is 2.40. The van der Waals surface area contributed by atoms with Crippen LogP contribution in [0.4, 0.5) is 10.7 Å². The van der Waals surface area contributed by atoms with E-state index >= 15 is 0 Å². The largest absolute Gasteiger partial charge is 0.335 e. The van der Waals surface area contributed by atoms with Gasteiger partial charge in [0.05, 0.1) is 0 Å². The molecule has 0 aromatic carbocycles. The number of urea groups is 1. The Kier molecular flexibility index (Phi) is 6.20. The minimum atomic E-state index is -0.320. The van der Waals surface area contributed by atoms with Crippen molar-refractivity contribution >= 4 is 12.0 Å². The molecule has 2 unspecified atom stereocenters. The van der Waals surface area contributed by atoms with Crippen LogP contribution >= 0.6 is 0 Å². The molecule has 136 valence electrons. The van der Waals surface area contributed by atoms with Crippen LogP contribution in [0.25, 0.3) is 0 Å². The third-order valence-electron chi connectivity index (χ3n) is 4.73. The van der Waals surface area contributed by atoms with Crippen LogP contribution in [-0.4, -0.2) is 22.0 Å². The molecule has 3 N–H and O–H groups in total. The van der Waals surface area contributed by atoms with Crippen LogP contribution in [0.5, 0.6) is 0 Å². The van der Waals surface area contributed by atoms with Crippen LogP contribution in [0.15, 0.2) is 10.9 Å². The van der Waals surface area contributed by atoms with E-state index in [-0.39, 0.29) is 41.8 Å². The van der Waals surface area contributed by atoms with Crippen LogP contribution in [0.3, 0.4) is 0 Å². The van der Waals surface area contributed by atoms with Gasteiger partial charge in [0.2, 0.25) is 5.95 Å². The van der Waals surface area contributed by atoms with Gasteiger partial charge >= 0.3 is 6.03 Å². The molecule has 1 saturated carbocycles. The number of aromatic amines is 1. The van der Waals surface area contributed by atoms with Crippen LogP contribution < -0.4 is 16.2 Å². The number of anilines is 1. The molecule has 24 heavy (non-hydrogen) atoms. The van der Waals surface area contributed by atoms with E-state index < -0.39 is 0 Å². The Balaban J connectivity index is 0.00000288. The second kappa shape index (κ2) is 7.36. The van der Waals surface area contributed by atoms with Gasteiger partial charge in [0.25, 0.3) is 5.56 Å². The Morgan fingerprint density at radius 1 is 1.38 bits per heavy atom. The molecule has 1 aliphatic carbocycles. The van der Waals surface area contributed by atoms with Crippen molar-refractivity contribution in [3.05, 3.63) is 22.1 Å². The van der Waals surface area contributed by atoms with Crippen LogP contribution in [0.2, 0.25) is 0 Å². The summed E-state index contributed by atoms with van der Waals surface area (Å²) in [5.41, 5.74) is 0.749. The fraction of sp³-hybridized carbons (Fsp3) is 0.722. The fourth-order valence-electron chi connectivity index (χ4n) is 3.97. The molecule has 6 heteroatoms. The average molecular weight is 336 g/mol. The normalized spacial score (nSPS) is 25.5. The third kappa shape index (κ3) is 5.35. The number of amides is 2. The second-order valence-corrected chi connectivity index (χ2v) is 7.94. The Labute approximate surface area is 144 Å². The molecule has 0 saturated heterocycles. The lowest BCUT2D eigenvalue weighted by molar-refractivity contribution is 0.0716. The molecule has 2 atom stereocenters. The number of nitrogens with zero attached hydrogens (tertiary/aromatic N) is 1. The van der Waals surface area contributed by atoms with Crippen molar-refractivity contribution in [3.63, 3.8) is 0 Å². The topological polar surface area (TPSA) is 86.9 Å². The number of hydrogen-bond acceptors (Lipinski definition) is 3. The van der Waals surface area contributed by atoms with Gasteiger partial charge in [0.1, 0.15) is 0 Å². The third-order valence-corrected chi connectivity index (χ3v) is 4.73. The van der Waals surface area contributed by atoms with Gasteiger partial charge in [-0.25, -0.2) is 9.78 Å². The molecule has 2 rings (SSSR count). The van der Waals surface area contributed by atoms with Crippen LogP contribution in [-0.2, 0) is 0 Å². The number of aromatic nitrogens is 2. The van der Waals surface area contributed by atoms with Gasteiger partial charge < -0.3 is 5.32 Å². The van der Waals surface area contributed by atoms with Gasteiger partial charge in [-0.2, -0.15) is 0 Å². The molecule has 0 radical (unpaired) electrons. The first-order chi connectivity index (χ1) is 10.6. The molecule has 0 aliphatic heterocycles. The molecule has 0 bridgehead atoms. The van der Waals surface area contributed by atoms with Gasteiger partial charge in [-0.3, -0.25) is 15.1 Å². The predicted octanol–water partition coefficient (Wildman–Crippen LogP) is 3.83. The molecule has 0 spiro atoms. The van der Waals surface area contributed by atoms with E-state index in [9.17, 15) is 9.59 Å². The first-order valence-corrected chi connectivity index (χ1v) is 8.26. The van der Waals surface area contributed by atoms with E-state index in [4.69, 9.17) is 0 Å². The predicted molar refractivity (Wildman–Crippen MR) is 98.3 cm³/mol. The molecule has 1 aliphatic rings. The first-order valence-electron chi connectivity index (χ1n) is 8.26. The second-order valence-electron chi connectivity index (χ2n) is 7.94. The van der Waals surface area contributed by atoms with Crippen molar-refractivity contribution < 1.29 is 4.79 Å². The summed E-state index contributed by atoms with van der Waals surface area (Å²) >= 11 is 0. The summed E-state index contributed by atoms with van der Waals surface area (Å²) in [6.45, 7) is 10.7. The summed E-state index contributed by atoms with van der Waals surface area (Å²) in [7, 11) is 0. The Bertz CT molecular complexity index is 638. The van der Waals surface area contributed by atoms with Gasteiger partial charge in [0, 0.05) is 17.8 Å². The fourth-order valence-corrected chi connectivity index (χ4v) is 3.97. The lowest BCUT2D eigenvalue weighted by atomic mass is 9.62. The monoisotopic (exact) mass is 336 g/mol. The van der Waals surface area contributed by atoms with Crippen molar-refractivity contribution in [3.8, 4) is 0 Å². The zero-order chi connectivity index (χ0) is 17.3. The zero-order valence-corrected chi connectivity index (χ0v) is 14.7. The maximum atomic E-state index is 12.2. The minimum absolute atomic E-state index is 0. The van der Waals surface area contributed by atoms with Crippen LogP contribution in [0, 0.1) is 17.8 Å². The summed E-state index contributed by atoms with van der Waals surface area (Å²) in [5.74, 6) is 0.181. The zero-order valence-electron chi connectivity index (χ0n) is 14.7. The Morgan fingerprint density at radius 3 is 2.62 bits per heavy atom. The Hall–Kier alpha value is -1.85. The number of carbonyl (C=O) groups excluding carboxylic acids is 1. The number of aryl methyl sites for hydroxylation is 1. The highest BCUT2D eigenvalue weighted by atomic mass is 16.2. The van der Waals surface area contributed by atoms with Crippen molar-refractivity contribution in [2.75, 3.05) is 5.32 Å². The van der Waals surface area contributed by atoms with Crippen molar-refractivity contribution in [1.82, 2.24) is 15.3 Å². The van der Waals surface area contributed by atoms with Crippen LogP contribution in [0.1, 0.15) is 66.5 Å². The lowest BCUT2D eigenvalue weighted by Crippen LogP contribution is -2.48. The molecular weight excluding hydrogens is 304 g/mol. The summed E-state index contributed by atoms with van der Waals surface area (Å²) in [6, 6.07) is 1.19. The minimum Gasteiger partial charge on any atom is -0.335 e. The average Bonchev–Trinajstić information content (AvgIpc) is 2.34. The summed E-state index contributed by atoms with van der Waals surface area (Å²) in [6.07, 6.45) is 4.19. The van der Waals surface area contributed by atoms with Crippen molar-refractivity contribution in [1.29, 1.82) is 0 Å². The highest BCUT2D eigenvalue weighted by molar-refractivity contribution is 5.87. The summed E-state index contributed by atoms with van der Waals surface area (Å²) < 4.78 is 0. The summed E-state index contributed by atoms with van der Waals surface area (Å²) in [5, 5.41) is 5.67. The van der Waals surface area contributed by atoms with E-state index in [1.165, 1.54) is 12.5 Å². The molecule has 1 aromatic rings. The van der Waals surface area contributed by atoms with Gasteiger partial charge in [-0.1, -0.05) is 41.5 Å². The number of nitrogens with one attached hydrogen (secondary N) is 3. The maximum absolute atomic E-state index is 12.2.